The molecule has 144 valence electrons. The second-order valence-corrected chi connectivity index (χ2v) is 8.01. The number of benzene rings is 1. The van der Waals surface area contributed by atoms with E-state index < -0.39 is 11.7 Å². The van der Waals surface area contributed by atoms with Crippen molar-refractivity contribution in [3.05, 3.63) is 40.8 Å². The van der Waals surface area contributed by atoms with Crippen LogP contribution in [0.5, 0.6) is 5.75 Å². The molecule has 6 nitrogen and oxygen atoms in total. The fourth-order valence-electron chi connectivity index (χ4n) is 4.84. The van der Waals surface area contributed by atoms with Gasteiger partial charge >= 0.3 is 5.63 Å². The minimum Gasteiger partial charge on any atom is -0.481 e. The molecule has 0 radical (unpaired) electrons. The van der Waals surface area contributed by atoms with Gasteiger partial charge in [-0.05, 0) is 63.9 Å². The van der Waals surface area contributed by atoms with Crippen LogP contribution in [0.3, 0.4) is 0 Å². The summed E-state index contributed by atoms with van der Waals surface area (Å²) in [6, 6.07) is 8.98. The van der Waals surface area contributed by atoms with Crippen molar-refractivity contribution in [2.75, 3.05) is 27.2 Å². The van der Waals surface area contributed by atoms with Crippen molar-refractivity contribution < 1.29 is 13.9 Å². The van der Waals surface area contributed by atoms with Crippen LogP contribution >= 0.6 is 0 Å². The van der Waals surface area contributed by atoms with Crippen LogP contribution in [0.2, 0.25) is 0 Å². The van der Waals surface area contributed by atoms with Crippen LogP contribution in [-0.4, -0.2) is 55.0 Å². The molecule has 1 saturated heterocycles. The van der Waals surface area contributed by atoms with Gasteiger partial charge in [0, 0.05) is 36.7 Å². The summed E-state index contributed by atoms with van der Waals surface area (Å²) >= 11 is 0. The predicted molar refractivity (Wildman–Crippen MR) is 103 cm³/mol. The third-order valence-electron chi connectivity index (χ3n) is 5.95. The number of ether oxygens (including phenoxy) is 1. The Labute approximate surface area is 158 Å². The first-order chi connectivity index (χ1) is 12.9. The number of likely N-dealkylation sites (tertiary alicyclic amines) is 1. The lowest BCUT2D eigenvalue weighted by Gasteiger charge is -2.41. The molecule has 2 heterocycles. The van der Waals surface area contributed by atoms with Gasteiger partial charge in [-0.3, -0.25) is 4.79 Å². The molecule has 1 amide bonds. The molecule has 2 aliphatic rings. The van der Waals surface area contributed by atoms with Gasteiger partial charge in [-0.25, -0.2) is 4.79 Å². The van der Waals surface area contributed by atoms with E-state index in [1.807, 2.05) is 11.0 Å². The van der Waals surface area contributed by atoms with E-state index in [-0.39, 0.29) is 5.91 Å². The Kier molecular flexibility index (Phi) is 4.68. The van der Waals surface area contributed by atoms with Crippen molar-refractivity contribution in [2.24, 2.45) is 11.8 Å². The van der Waals surface area contributed by atoms with Crippen molar-refractivity contribution in [1.82, 2.24) is 9.80 Å². The lowest BCUT2D eigenvalue weighted by Crippen LogP contribution is -2.54. The highest BCUT2D eigenvalue weighted by Gasteiger charge is 2.44. The zero-order valence-corrected chi connectivity index (χ0v) is 16.1. The maximum absolute atomic E-state index is 12.9. The zero-order chi connectivity index (χ0) is 19.1. The Morgan fingerprint density at radius 1 is 1.19 bits per heavy atom. The van der Waals surface area contributed by atoms with Gasteiger partial charge in [-0.2, -0.15) is 0 Å². The average Bonchev–Trinajstić information content (AvgIpc) is 2.91. The van der Waals surface area contributed by atoms with Crippen molar-refractivity contribution in [3.63, 3.8) is 0 Å². The van der Waals surface area contributed by atoms with E-state index in [0.29, 0.717) is 29.2 Å². The van der Waals surface area contributed by atoms with Gasteiger partial charge in [-0.1, -0.05) is 0 Å². The van der Waals surface area contributed by atoms with Gasteiger partial charge in [0.2, 0.25) is 0 Å². The summed E-state index contributed by atoms with van der Waals surface area (Å²) in [7, 11) is 4.27. The van der Waals surface area contributed by atoms with E-state index in [1.165, 1.54) is 18.9 Å². The molecule has 1 aromatic heterocycles. The van der Waals surface area contributed by atoms with E-state index in [4.69, 9.17) is 9.15 Å². The third-order valence-corrected chi connectivity index (χ3v) is 5.95. The molecule has 0 N–H and O–H groups in total. The maximum atomic E-state index is 12.9. The Balaban J connectivity index is 1.45. The van der Waals surface area contributed by atoms with Crippen LogP contribution in [0.25, 0.3) is 11.0 Å². The summed E-state index contributed by atoms with van der Waals surface area (Å²) in [5, 5.41) is 0.822. The highest BCUT2D eigenvalue weighted by molar-refractivity contribution is 5.82. The van der Waals surface area contributed by atoms with E-state index in [2.05, 4.69) is 19.0 Å². The van der Waals surface area contributed by atoms with Gasteiger partial charge < -0.3 is 19.0 Å². The summed E-state index contributed by atoms with van der Waals surface area (Å²) in [5.41, 5.74) is 0.0625. The van der Waals surface area contributed by atoms with Crippen LogP contribution in [-0.2, 0) is 4.79 Å². The number of hydrogen-bond donors (Lipinski definition) is 0. The molecule has 6 heteroatoms. The van der Waals surface area contributed by atoms with Crippen LogP contribution in [0, 0.1) is 11.8 Å². The SMILES string of the molecule is CC(Oc1ccc2ccc(=O)oc2c1)C(=O)N1C[C@H]2CC[C@@H](C1)C2N(C)C. The Morgan fingerprint density at radius 3 is 2.52 bits per heavy atom. The van der Waals surface area contributed by atoms with Gasteiger partial charge in [0.1, 0.15) is 11.3 Å². The molecule has 2 bridgehead atoms. The number of rotatable bonds is 4. The molecule has 0 spiro atoms. The van der Waals surface area contributed by atoms with Crippen LogP contribution in [0.4, 0.5) is 0 Å². The average molecular weight is 370 g/mol. The highest BCUT2D eigenvalue weighted by atomic mass is 16.5. The lowest BCUT2D eigenvalue weighted by atomic mass is 9.91. The second-order valence-electron chi connectivity index (χ2n) is 8.01. The summed E-state index contributed by atoms with van der Waals surface area (Å²) in [5.74, 6) is 1.65. The molecule has 1 aromatic carbocycles. The van der Waals surface area contributed by atoms with Gasteiger partial charge in [0.25, 0.3) is 5.91 Å². The number of hydrogen-bond acceptors (Lipinski definition) is 5. The second kappa shape index (κ2) is 7.00. The van der Waals surface area contributed by atoms with Crippen LogP contribution in [0.15, 0.2) is 39.5 Å². The molecule has 1 saturated carbocycles. The Morgan fingerprint density at radius 2 is 1.85 bits per heavy atom. The fraction of sp³-hybridized carbons (Fsp3) is 0.524. The smallest absolute Gasteiger partial charge is 0.336 e. The summed E-state index contributed by atoms with van der Waals surface area (Å²) in [6.45, 7) is 3.39. The van der Waals surface area contributed by atoms with Crippen molar-refractivity contribution in [1.29, 1.82) is 0 Å². The topological polar surface area (TPSA) is 63.0 Å². The standard InChI is InChI=1S/C21H26N2O4/c1-13(26-17-8-6-14-7-9-19(24)27-18(14)10-17)21(25)23-11-15-4-5-16(12-23)20(15)22(2)3/h6-10,13,15-16,20H,4-5,11-12H2,1-3H3/t13?,15-,16+,20?. The molecule has 2 aromatic rings. The highest BCUT2D eigenvalue weighted by Crippen LogP contribution is 2.39. The number of piperidine rings is 1. The molecule has 4 rings (SSSR count). The quantitative estimate of drug-likeness (QED) is 0.773. The Bertz CT molecular complexity index is 892. The fourth-order valence-corrected chi connectivity index (χ4v) is 4.84. The van der Waals surface area contributed by atoms with E-state index in [0.717, 1.165) is 18.5 Å². The minimum atomic E-state index is -0.576. The largest absolute Gasteiger partial charge is 0.481 e. The lowest BCUT2D eigenvalue weighted by molar-refractivity contribution is -0.141. The maximum Gasteiger partial charge on any atom is 0.336 e. The number of carbonyl (C=O) groups is 1. The van der Waals surface area contributed by atoms with Gasteiger partial charge in [0.15, 0.2) is 6.10 Å². The third kappa shape index (κ3) is 3.46. The minimum absolute atomic E-state index is 0.0266. The van der Waals surface area contributed by atoms with Crippen LogP contribution < -0.4 is 10.4 Å². The molecule has 2 unspecified atom stereocenters. The number of amides is 1. The molecule has 1 aliphatic heterocycles. The number of nitrogens with zero attached hydrogens (tertiary/aromatic N) is 2. The molecular formula is C21H26N2O4. The monoisotopic (exact) mass is 370 g/mol. The van der Waals surface area contributed by atoms with E-state index in [9.17, 15) is 9.59 Å². The molecule has 2 fully saturated rings. The summed E-state index contributed by atoms with van der Waals surface area (Å²) < 4.78 is 11.1. The van der Waals surface area contributed by atoms with Crippen LogP contribution in [0.1, 0.15) is 19.8 Å². The van der Waals surface area contributed by atoms with Gasteiger partial charge in [-0.15, -0.1) is 0 Å². The van der Waals surface area contributed by atoms with Crippen molar-refractivity contribution in [3.8, 4) is 5.75 Å². The molecule has 4 atom stereocenters. The first-order valence-electron chi connectivity index (χ1n) is 9.58. The number of fused-ring (bicyclic) bond motifs is 3. The van der Waals surface area contributed by atoms with Gasteiger partial charge in [0.05, 0.1) is 0 Å². The molecular weight excluding hydrogens is 344 g/mol. The predicted octanol–water partition coefficient (Wildman–Crippen LogP) is 2.36. The first-order valence-corrected chi connectivity index (χ1v) is 9.58. The van der Waals surface area contributed by atoms with E-state index in [1.54, 1.807) is 25.1 Å². The molecule has 1 aliphatic carbocycles. The molecule has 27 heavy (non-hydrogen) atoms. The summed E-state index contributed by atoms with van der Waals surface area (Å²) in [6.07, 6.45) is 1.81. The van der Waals surface area contributed by atoms with Crippen molar-refractivity contribution in [2.45, 2.75) is 31.9 Å². The summed E-state index contributed by atoms with van der Waals surface area (Å²) in [4.78, 5) is 28.6. The number of carbonyl (C=O) groups excluding carboxylic acids is 1. The zero-order valence-electron chi connectivity index (χ0n) is 16.1. The normalized spacial score (nSPS) is 25.8. The van der Waals surface area contributed by atoms with E-state index >= 15 is 0 Å². The first kappa shape index (κ1) is 18.0. The van der Waals surface area contributed by atoms with Crippen molar-refractivity contribution >= 4 is 16.9 Å². The Hall–Kier alpha value is -2.34.